The smallest absolute Gasteiger partial charge is 0.246 e. The fourth-order valence-corrected chi connectivity index (χ4v) is 6.67. The number of carbonyl (C=O) groups excluding carboxylic acids is 3. The Morgan fingerprint density at radius 3 is 2.55 bits per heavy atom. The summed E-state index contributed by atoms with van der Waals surface area (Å²) in [4.78, 5) is 54.8. The first-order chi connectivity index (χ1) is 25.7. The fraction of sp³-hybridized carbons (Fsp3) is 0.250. The van der Waals surface area contributed by atoms with Gasteiger partial charge in [-0.05, 0) is 91.9 Å². The minimum atomic E-state index is -0.472. The predicted molar refractivity (Wildman–Crippen MR) is 210 cm³/mol. The van der Waals surface area contributed by atoms with E-state index in [0.717, 1.165) is 40.9 Å². The van der Waals surface area contributed by atoms with E-state index in [1.807, 2.05) is 19.1 Å². The molecule has 0 unspecified atom stereocenters. The van der Waals surface area contributed by atoms with Crippen molar-refractivity contribution in [2.75, 3.05) is 41.8 Å². The van der Waals surface area contributed by atoms with Gasteiger partial charge in [-0.1, -0.05) is 35.3 Å². The minimum absolute atomic E-state index is 0.0522. The molecule has 4 heterocycles. The molecule has 1 fully saturated rings. The van der Waals surface area contributed by atoms with Crippen molar-refractivity contribution in [1.29, 1.82) is 0 Å². The van der Waals surface area contributed by atoms with E-state index in [-0.39, 0.29) is 30.5 Å². The summed E-state index contributed by atoms with van der Waals surface area (Å²) in [5.74, 6) is -0.0778. The zero-order valence-corrected chi connectivity index (χ0v) is 31.0. The van der Waals surface area contributed by atoms with Crippen LogP contribution in [-0.2, 0) is 27.4 Å². The third kappa shape index (κ3) is 9.48. The standard InChI is InChI=1S/C40H39Cl2N7O4/c1-26-21-33(49-19-4-3-5-20-49)29-7-6-8-34(40(29)46-26)53-25-30-31(41)11-12-32(39(30)42)48(2)38(52)24-45-36(50)14-10-28-9-13-35(44-23-28)47-37(51)22-27-15-17-43-18-16-27/h6-18,21,23H,3-5,19-20,22,24-25H2,1-2H3,(H,45,50)(H,44,47,51). The Kier molecular flexibility index (Phi) is 12.2. The number of aryl methyl sites for hydroxylation is 1. The van der Waals surface area contributed by atoms with Gasteiger partial charge in [0.2, 0.25) is 17.7 Å². The van der Waals surface area contributed by atoms with Crippen LogP contribution in [-0.4, -0.2) is 59.4 Å². The number of carbonyl (C=O) groups is 3. The first kappa shape index (κ1) is 37.2. The molecule has 11 nitrogen and oxygen atoms in total. The molecule has 0 saturated carbocycles. The molecule has 2 aromatic carbocycles. The molecule has 0 radical (unpaired) electrons. The van der Waals surface area contributed by atoms with E-state index in [9.17, 15) is 14.4 Å². The summed E-state index contributed by atoms with van der Waals surface area (Å²) in [5.41, 5.74) is 5.24. The summed E-state index contributed by atoms with van der Waals surface area (Å²) in [7, 11) is 1.58. The number of halogens is 2. The molecule has 6 rings (SSSR count). The summed E-state index contributed by atoms with van der Waals surface area (Å²) >= 11 is 13.4. The number of hydrogen-bond acceptors (Lipinski definition) is 8. The van der Waals surface area contributed by atoms with Crippen molar-refractivity contribution in [2.45, 2.75) is 39.2 Å². The number of likely N-dealkylation sites (N-methyl/N-ethyl adjacent to an activating group) is 1. The third-order valence-corrected chi connectivity index (χ3v) is 9.66. The molecule has 13 heteroatoms. The number of benzene rings is 2. The molecule has 0 spiro atoms. The van der Waals surface area contributed by atoms with Gasteiger partial charge in [-0.15, -0.1) is 0 Å². The molecule has 53 heavy (non-hydrogen) atoms. The molecule has 272 valence electrons. The minimum Gasteiger partial charge on any atom is -0.487 e. The van der Waals surface area contributed by atoms with Crippen LogP contribution in [0, 0.1) is 6.92 Å². The van der Waals surface area contributed by atoms with Crippen LogP contribution >= 0.6 is 23.2 Å². The highest BCUT2D eigenvalue weighted by Crippen LogP contribution is 2.37. The average molecular weight is 753 g/mol. The summed E-state index contributed by atoms with van der Waals surface area (Å²) < 4.78 is 6.30. The average Bonchev–Trinajstić information content (AvgIpc) is 3.17. The molecule has 0 bridgehead atoms. The van der Waals surface area contributed by atoms with Crippen LogP contribution in [0.1, 0.15) is 41.6 Å². The molecule has 0 atom stereocenters. The van der Waals surface area contributed by atoms with Gasteiger partial charge in [-0.25, -0.2) is 9.97 Å². The number of ether oxygens (including phenoxy) is 1. The van der Waals surface area contributed by atoms with E-state index in [4.69, 9.17) is 32.9 Å². The number of rotatable bonds is 12. The number of anilines is 3. The summed E-state index contributed by atoms with van der Waals surface area (Å²) in [6.07, 6.45) is 11.4. The van der Waals surface area contributed by atoms with Crippen molar-refractivity contribution >= 4 is 75.1 Å². The van der Waals surface area contributed by atoms with Crippen molar-refractivity contribution in [1.82, 2.24) is 20.3 Å². The van der Waals surface area contributed by atoms with E-state index >= 15 is 0 Å². The Bertz CT molecular complexity index is 2140. The highest BCUT2D eigenvalue weighted by molar-refractivity contribution is 6.38. The summed E-state index contributed by atoms with van der Waals surface area (Å²) in [5, 5.41) is 7.03. The van der Waals surface area contributed by atoms with Crippen LogP contribution in [0.25, 0.3) is 17.0 Å². The van der Waals surface area contributed by atoms with Crippen LogP contribution in [0.4, 0.5) is 17.2 Å². The Morgan fingerprint density at radius 1 is 1.00 bits per heavy atom. The van der Waals surface area contributed by atoms with Gasteiger partial charge in [0.1, 0.15) is 23.7 Å². The van der Waals surface area contributed by atoms with Crippen LogP contribution in [0.3, 0.4) is 0 Å². The molecule has 3 amide bonds. The van der Waals surface area contributed by atoms with E-state index in [1.165, 1.54) is 36.4 Å². The zero-order valence-electron chi connectivity index (χ0n) is 29.4. The Labute approximate surface area is 318 Å². The van der Waals surface area contributed by atoms with Crippen molar-refractivity contribution in [2.24, 2.45) is 0 Å². The number of para-hydroxylation sites is 1. The fourth-order valence-electron chi connectivity index (χ4n) is 6.07. The second kappa shape index (κ2) is 17.3. The van der Waals surface area contributed by atoms with E-state index in [1.54, 1.807) is 61.9 Å². The van der Waals surface area contributed by atoms with Gasteiger partial charge >= 0.3 is 0 Å². The molecular weight excluding hydrogens is 713 g/mol. The quantitative estimate of drug-likeness (QED) is 0.128. The van der Waals surface area contributed by atoms with Crippen molar-refractivity contribution in [3.63, 3.8) is 0 Å². The lowest BCUT2D eigenvalue weighted by molar-refractivity contribution is -0.122. The van der Waals surface area contributed by atoms with Crippen molar-refractivity contribution < 1.29 is 19.1 Å². The zero-order chi connectivity index (χ0) is 37.3. The second-order valence-corrected chi connectivity index (χ2v) is 13.5. The Hall–Kier alpha value is -5.52. The third-order valence-electron chi connectivity index (χ3n) is 8.89. The van der Waals surface area contributed by atoms with Gasteiger partial charge in [0, 0.05) is 72.2 Å². The lowest BCUT2D eigenvalue weighted by atomic mass is 10.1. The molecule has 3 aromatic heterocycles. The number of aromatic nitrogens is 3. The van der Waals surface area contributed by atoms with Crippen LogP contribution in [0.2, 0.25) is 10.0 Å². The number of amides is 3. The highest BCUT2D eigenvalue weighted by atomic mass is 35.5. The summed E-state index contributed by atoms with van der Waals surface area (Å²) in [6.45, 7) is 3.79. The topological polar surface area (TPSA) is 130 Å². The number of nitrogens with one attached hydrogen (secondary N) is 2. The van der Waals surface area contributed by atoms with E-state index < -0.39 is 11.8 Å². The maximum absolute atomic E-state index is 13.1. The van der Waals surface area contributed by atoms with Gasteiger partial charge in [-0.2, -0.15) is 0 Å². The first-order valence-corrected chi connectivity index (χ1v) is 18.0. The molecule has 1 aliphatic rings. The first-order valence-electron chi connectivity index (χ1n) is 17.3. The summed E-state index contributed by atoms with van der Waals surface area (Å²) in [6, 6.07) is 18.3. The number of nitrogens with zero attached hydrogens (tertiary/aromatic N) is 5. The Morgan fingerprint density at radius 2 is 1.79 bits per heavy atom. The largest absolute Gasteiger partial charge is 0.487 e. The molecule has 1 aliphatic heterocycles. The number of piperidine rings is 1. The van der Waals surface area contributed by atoms with Crippen molar-refractivity contribution in [3.8, 4) is 5.75 Å². The normalized spacial score (nSPS) is 12.9. The monoisotopic (exact) mass is 751 g/mol. The number of fused-ring (bicyclic) bond motifs is 1. The predicted octanol–water partition coefficient (Wildman–Crippen LogP) is 7.18. The number of hydrogen-bond donors (Lipinski definition) is 2. The maximum Gasteiger partial charge on any atom is 0.246 e. The van der Waals surface area contributed by atoms with Crippen molar-refractivity contribution in [3.05, 3.63) is 118 Å². The van der Waals surface area contributed by atoms with E-state index in [0.29, 0.717) is 33.4 Å². The van der Waals surface area contributed by atoms with Gasteiger partial charge in [0.05, 0.1) is 23.7 Å². The molecular formula is C40H39Cl2N7O4. The van der Waals surface area contributed by atoms with E-state index in [2.05, 4.69) is 37.6 Å². The van der Waals surface area contributed by atoms with Crippen LogP contribution in [0.5, 0.6) is 5.75 Å². The van der Waals surface area contributed by atoms with Gasteiger partial charge in [-0.3, -0.25) is 19.4 Å². The van der Waals surface area contributed by atoms with Gasteiger partial charge in [0.25, 0.3) is 0 Å². The lowest BCUT2D eigenvalue weighted by Crippen LogP contribution is -2.37. The van der Waals surface area contributed by atoms with Crippen LogP contribution in [0.15, 0.2) is 85.3 Å². The van der Waals surface area contributed by atoms with Gasteiger partial charge in [0.15, 0.2) is 0 Å². The lowest BCUT2D eigenvalue weighted by Gasteiger charge is -2.30. The van der Waals surface area contributed by atoms with Gasteiger partial charge < -0.3 is 25.2 Å². The highest BCUT2D eigenvalue weighted by Gasteiger charge is 2.21. The maximum atomic E-state index is 13.1. The molecule has 5 aromatic rings. The second-order valence-electron chi connectivity index (χ2n) is 12.7. The van der Waals surface area contributed by atoms with Crippen LogP contribution < -0.4 is 25.2 Å². The molecule has 0 aliphatic carbocycles. The Balaban J connectivity index is 1.04. The molecule has 2 N–H and O–H groups in total. The molecule has 1 saturated heterocycles. The SMILES string of the molecule is Cc1cc(N2CCCCC2)c2cccc(OCc3c(Cl)ccc(N(C)C(=O)CNC(=O)C=Cc4ccc(NC(=O)Cc5ccncc5)nc4)c3Cl)c2n1. The number of pyridine rings is 3.